The second kappa shape index (κ2) is 5.80. The molecule has 1 amide bonds. The molecule has 1 atom stereocenters. The first-order chi connectivity index (χ1) is 6.39. The lowest BCUT2D eigenvalue weighted by Gasteiger charge is -2.22. The minimum Gasteiger partial charge on any atom is -0.444 e. The van der Waals surface area contributed by atoms with Gasteiger partial charge in [-0.3, -0.25) is 0 Å². The van der Waals surface area contributed by atoms with E-state index in [0.29, 0.717) is 0 Å². The van der Waals surface area contributed by atoms with Crippen LogP contribution in [-0.2, 0) is 4.74 Å². The Kier molecular flexibility index (Phi) is 5.45. The topological polar surface area (TPSA) is 58.6 Å². The summed E-state index contributed by atoms with van der Waals surface area (Å²) in [5, 5.41) is 10.9. The SMILES string of the molecule is CC(C)(C)OC(=O)N[C@@H](CF)CCO. The van der Waals surface area contributed by atoms with Crippen LogP contribution in [0, 0.1) is 0 Å². The number of nitrogens with one attached hydrogen (secondary N) is 1. The molecule has 2 N–H and O–H groups in total. The number of rotatable bonds is 4. The summed E-state index contributed by atoms with van der Waals surface area (Å²) < 4.78 is 17.2. The zero-order valence-electron chi connectivity index (χ0n) is 8.84. The van der Waals surface area contributed by atoms with E-state index in [1.807, 2.05) is 0 Å². The summed E-state index contributed by atoms with van der Waals surface area (Å²) in [6, 6.07) is -0.671. The van der Waals surface area contributed by atoms with Crippen molar-refractivity contribution in [3.8, 4) is 0 Å². The van der Waals surface area contributed by atoms with Crippen LogP contribution in [0.4, 0.5) is 9.18 Å². The van der Waals surface area contributed by atoms with Gasteiger partial charge in [-0.1, -0.05) is 0 Å². The highest BCUT2D eigenvalue weighted by molar-refractivity contribution is 5.68. The second-order valence-corrected chi connectivity index (χ2v) is 4.01. The third kappa shape index (κ3) is 6.65. The van der Waals surface area contributed by atoms with E-state index in [-0.39, 0.29) is 13.0 Å². The largest absolute Gasteiger partial charge is 0.444 e. The Morgan fingerprint density at radius 2 is 2.14 bits per heavy atom. The number of halogens is 1. The molecule has 0 aromatic rings. The number of ether oxygens (including phenoxy) is 1. The van der Waals surface area contributed by atoms with Gasteiger partial charge < -0.3 is 15.2 Å². The van der Waals surface area contributed by atoms with Crippen molar-refractivity contribution in [1.82, 2.24) is 5.32 Å². The van der Waals surface area contributed by atoms with E-state index in [4.69, 9.17) is 9.84 Å². The van der Waals surface area contributed by atoms with E-state index in [1.54, 1.807) is 20.8 Å². The average molecular weight is 207 g/mol. The molecule has 0 saturated heterocycles. The first-order valence-electron chi connectivity index (χ1n) is 4.55. The maximum atomic E-state index is 12.3. The number of carbonyl (C=O) groups is 1. The van der Waals surface area contributed by atoms with Crippen LogP contribution in [0.5, 0.6) is 0 Å². The van der Waals surface area contributed by atoms with Crippen molar-refractivity contribution < 1.29 is 19.0 Å². The van der Waals surface area contributed by atoms with Crippen LogP contribution in [0.2, 0.25) is 0 Å². The van der Waals surface area contributed by atoms with Gasteiger partial charge in [0.1, 0.15) is 12.3 Å². The van der Waals surface area contributed by atoms with Gasteiger partial charge >= 0.3 is 6.09 Å². The highest BCUT2D eigenvalue weighted by atomic mass is 19.1. The second-order valence-electron chi connectivity index (χ2n) is 4.01. The fourth-order valence-corrected chi connectivity index (χ4v) is 0.818. The van der Waals surface area contributed by atoms with E-state index in [2.05, 4.69) is 5.32 Å². The monoisotopic (exact) mass is 207 g/mol. The number of aliphatic hydroxyl groups excluding tert-OH is 1. The van der Waals surface area contributed by atoms with Crippen LogP contribution >= 0.6 is 0 Å². The molecule has 5 heteroatoms. The third-order valence-corrected chi connectivity index (χ3v) is 1.38. The van der Waals surface area contributed by atoms with Gasteiger partial charge in [0, 0.05) is 6.61 Å². The molecule has 84 valence electrons. The zero-order valence-corrected chi connectivity index (χ0v) is 8.84. The Morgan fingerprint density at radius 1 is 1.57 bits per heavy atom. The van der Waals surface area contributed by atoms with Crippen molar-refractivity contribution in [3.63, 3.8) is 0 Å². The molecular formula is C9H18FNO3. The van der Waals surface area contributed by atoms with Crippen molar-refractivity contribution >= 4 is 6.09 Å². The van der Waals surface area contributed by atoms with Crippen LogP contribution in [0.15, 0.2) is 0 Å². The highest BCUT2D eigenvalue weighted by Crippen LogP contribution is 2.07. The van der Waals surface area contributed by atoms with Crippen LogP contribution < -0.4 is 5.32 Å². The minimum absolute atomic E-state index is 0.162. The zero-order chi connectivity index (χ0) is 11.2. The standard InChI is InChI=1S/C9H18FNO3/c1-9(2,3)14-8(13)11-7(6-10)4-5-12/h7,12H,4-6H2,1-3H3,(H,11,13)/t7-/m1/s1. The highest BCUT2D eigenvalue weighted by Gasteiger charge is 2.18. The summed E-state index contributed by atoms with van der Waals surface area (Å²) in [4.78, 5) is 11.1. The first kappa shape index (κ1) is 13.2. The Labute approximate surface area is 83.4 Å². The van der Waals surface area contributed by atoms with Crippen LogP contribution in [0.25, 0.3) is 0 Å². The third-order valence-electron chi connectivity index (χ3n) is 1.38. The molecule has 0 aliphatic rings. The van der Waals surface area contributed by atoms with Crippen molar-refractivity contribution in [2.45, 2.75) is 38.8 Å². The summed E-state index contributed by atoms with van der Waals surface area (Å²) in [5.74, 6) is 0. The fourth-order valence-electron chi connectivity index (χ4n) is 0.818. The molecule has 0 aromatic heterocycles. The maximum absolute atomic E-state index is 12.3. The lowest BCUT2D eigenvalue weighted by molar-refractivity contribution is 0.0488. The van der Waals surface area contributed by atoms with Crippen LogP contribution in [0.3, 0.4) is 0 Å². The van der Waals surface area contributed by atoms with Crippen LogP contribution in [0.1, 0.15) is 27.2 Å². The lowest BCUT2D eigenvalue weighted by atomic mass is 10.2. The summed E-state index contributed by atoms with van der Waals surface area (Å²) in [5.41, 5.74) is -0.593. The number of carbonyl (C=O) groups excluding carboxylic acids is 1. The van der Waals surface area contributed by atoms with E-state index >= 15 is 0 Å². The molecule has 0 fully saturated rings. The minimum atomic E-state index is -0.709. The molecule has 0 spiro atoms. The van der Waals surface area contributed by atoms with Gasteiger partial charge in [-0.25, -0.2) is 9.18 Å². The number of alkyl halides is 1. The van der Waals surface area contributed by atoms with Gasteiger partial charge in [-0.2, -0.15) is 0 Å². The maximum Gasteiger partial charge on any atom is 0.407 e. The molecule has 0 aliphatic carbocycles. The molecule has 0 aliphatic heterocycles. The quantitative estimate of drug-likeness (QED) is 0.729. The molecular weight excluding hydrogens is 189 g/mol. The van der Waals surface area contributed by atoms with Crippen LogP contribution in [-0.4, -0.2) is 36.1 Å². The number of aliphatic hydroxyl groups is 1. The Bertz CT molecular complexity index is 179. The smallest absolute Gasteiger partial charge is 0.407 e. The first-order valence-corrected chi connectivity index (χ1v) is 4.55. The molecule has 0 radical (unpaired) electrons. The number of hydrogen-bond acceptors (Lipinski definition) is 3. The number of alkyl carbamates (subject to hydrolysis) is 1. The van der Waals surface area contributed by atoms with Gasteiger partial charge in [0.2, 0.25) is 0 Å². The van der Waals surface area contributed by atoms with Crippen molar-refractivity contribution in [1.29, 1.82) is 0 Å². The van der Waals surface area contributed by atoms with E-state index in [1.165, 1.54) is 0 Å². The Morgan fingerprint density at radius 3 is 2.50 bits per heavy atom. The number of amides is 1. The normalized spacial score (nSPS) is 13.5. The molecule has 0 rings (SSSR count). The Balaban J connectivity index is 3.91. The summed E-state index contributed by atoms with van der Waals surface area (Å²) in [7, 11) is 0. The predicted octanol–water partition coefficient (Wildman–Crippen LogP) is 1.23. The number of hydrogen-bond donors (Lipinski definition) is 2. The summed E-state index contributed by atoms with van der Waals surface area (Å²) in [6.45, 7) is 4.30. The van der Waals surface area contributed by atoms with Crippen molar-refractivity contribution in [3.05, 3.63) is 0 Å². The molecule has 14 heavy (non-hydrogen) atoms. The molecule has 0 unspecified atom stereocenters. The molecule has 0 heterocycles. The van der Waals surface area contributed by atoms with Gasteiger partial charge in [0.15, 0.2) is 0 Å². The summed E-state index contributed by atoms with van der Waals surface area (Å²) in [6.07, 6.45) is -0.468. The molecule has 4 nitrogen and oxygen atoms in total. The van der Waals surface area contributed by atoms with E-state index in [0.717, 1.165) is 0 Å². The van der Waals surface area contributed by atoms with Crippen molar-refractivity contribution in [2.24, 2.45) is 0 Å². The Hall–Kier alpha value is -0.840. The van der Waals surface area contributed by atoms with Gasteiger partial charge in [0.25, 0.3) is 0 Å². The molecule has 0 bridgehead atoms. The molecule has 0 saturated carbocycles. The average Bonchev–Trinajstić information content (AvgIpc) is 2.00. The van der Waals surface area contributed by atoms with Gasteiger partial charge in [-0.05, 0) is 27.2 Å². The predicted molar refractivity (Wildman–Crippen MR) is 50.8 cm³/mol. The summed E-state index contributed by atoms with van der Waals surface area (Å²) >= 11 is 0. The van der Waals surface area contributed by atoms with Gasteiger partial charge in [-0.15, -0.1) is 0 Å². The lowest BCUT2D eigenvalue weighted by Crippen LogP contribution is -2.40. The molecule has 0 aromatic carbocycles. The van der Waals surface area contributed by atoms with Crippen molar-refractivity contribution in [2.75, 3.05) is 13.3 Å². The van der Waals surface area contributed by atoms with Gasteiger partial charge in [0.05, 0.1) is 6.04 Å². The van der Waals surface area contributed by atoms with E-state index < -0.39 is 24.4 Å². The fraction of sp³-hybridized carbons (Fsp3) is 0.889. The van der Waals surface area contributed by atoms with E-state index in [9.17, 15) is 9.18 Å².